The Morgan fingerprint density at radius 1 is 1.53 bits per heavy atom. The van der Waals surface area contributed by atoms with Crippen LogP contribution in [-0.4, -0.2) is 48.6 Å². The minimum atomic E-state index is 0.742. The largest absolute Gasteiger partial charge is 0.345 e. The van der Waals surface area contributed by atoms with Gasteiger partial charge in [-0.25, -0.2) is 10.8 Å². The zero-order valence-corrected chi connectivity index (χ0v) is 10.8. The smallest absolute Gasteiger partial charge is 0.208 e. The van der Waals surface area contributed by atoms with Crippen molar-refractivity contribution in [2.75, 3.05) is 37.6 Å². The molecule has 0 unspecified atom stereocenters. The zero-order valence-electron chi connectivity index (χ0n) is 9.96. The van der Waals surface area contributed by atoms with E-state index in [4.69, 9.17) is 5.84 Å². The van der Waals surface area contributed by atoms with E-state index in [2.05, 4.69) is 25.2 Å². The fraction of sp³-hybridized carbons (Fsp3) is 0.600. The molecule has 17 heavy (non-hydrogen) atoms. The van der Waals surface area contributed by atoms with Crippen LogP contribution in [0.5, 0.6) is 0 Å². The fourth-order valence-corrected chi connectivity index (χ4v) is 2.57. The Balaban J connectivity index is 1.91. The van der Waals surface area contributed by atoms with Crippen molar-refractivity contribution < 1.29 is 0 Å². The van der Waals surface area contributed by atoms with Gasteiger partial charge in [-0.3, -0.25) is 10.4 Å². The van der Waals surface area contributed by atoms with Gasteiger partial charge in [0.2, 0.25) is 5.96 Å². The molecule has 1 aliphatic rings. The second kappa shape index (κ2) is 5.83. The lowest BCUT2D eigenvalue weighted by atomic mass is 10.3. The first-order valence-corrected chi connectivity index (χ1v) is 6.63. The van der Waals surface area contributed by atoms with Crippen LogP contribution >= 0.6 is 11.3 Å². The van der Waals surface area contributed by atoms with Gasteiger partial charge in [0.1, 0.15) is 0 Å². The van der Waals surface area contributed by atoms with Crippen molar-refractivity contribution in [2.24, 2.45) is 10.8 Å². The molecule has 1 fully saturated rings. The van der Waals surface area contributed by atoms with Crippen molar-refractivity contribution in [3.05, 3.63) is 11.6 Å². The van der Waals surface area contributed by atoms with Crippen molar-refractivity contribution in [1.82, 2.24) is 15.3 Å². The number of nitrogens with one attached hydrogen (secondary N) is 1. The van der Waals surface area contributed by atoms with E-state index in [0.717, 1.165) is 43.8 Å². The molecule has 2 heterocycles. The summed E-state index contributed by atoms with van der Waals surface area (Å²) in [5.74, 6) is 6.26. The zero-order chi connectivity index (χ0) is 12.1. The maximum atomic E-state index is 5.47. The van der Waals surface area contributed by atoms with Crippen molar-refractivity contribution in [1.29, 1.82) is 0 Å². The normalized spacial score (nSPS) is 17.4. The Morgan fingerprint density at radius 3 is 2.82 bits per heavy atom. The van der Waals surface area contributed by atoms with Crippen LogP contribution in [0.1, 0.15) is 6.92 Å². The number of thiazole rings is 1. The molecular weight excluding hydrogens is 236 g/mol. The van der Waals surface area contributed by atoms with E-state index in [1.165, 1.54) is 0 Å². The second-order valence-electron chi connectivity index (χ2n) is 3.73. The quantitative estimate of drug-likeness (QED) is 0.339. The summed E-state index contributed by atoms with van der Waals surface area (Å²) in [4.78, 5) is 13.1. The number of hydrazine groups is 1. The molecule has 3 N–H and O–H groups in total. The molecule has 1 aromatic heterocycles. The lowest BCUT2D eigenvalue weighted by Crippen LogP contribution is -2.54. The van der Waals surface area contributed by atoms with E-state index in [1.54, 1.807) is 11.3 Å². The summed E-state index contributed by atoms with van der Waals surface area (Å²) in [6, 6.07) is 0. The van der Waals surface area contributed by atoms with E-state index in [1.807, 2.05) is 18.5 Å². The molecule has 1 aromatic rings. The van der Waals surface area contributed by atoms with Crippen molar-refractivity contribution in [2.45, 2.75) is 6.92 Å². The molecule has 0 radical (unpaired) electrons. The van der Waals surface area contributed by atoms with Gasteiger partial charge in [0, 0.05) is 44.3 Å². The van der Waals surface area contributed by atoms with E-state index < -0.39 is 0 Å². The van der Waals surface area contributed by atoms with E-state index in [0.29, 0.717) is 0 Å². The van der Waals surface area contributed by atoms with Gasteiger partial charge in [-0.15, -0.1) is 11.3 Å². The highest BCUT2D eigenvalue weighted by Crippen LogP contribution is 2.18. The van der Waals surface area contributed by atoms with Crippen LogP contribution in [0.15, 0.2) is 16.6 Å². The molecule has 2 rings (SSSR count). The van der Waals surface area contributed by atoms with Crippen LogP contribution in [0.4, 0.5) is 5.13 Å². The van der Waals surface area contributed by atoms with Gasteiger partial charge < -0.3 is 9.80 Å². The SMILES string of the molecule is CCN=C(NN)N1CCN(c2nccs2)CC1. The number of guanidine groups is 1. The van der Waals surface area contributed by atoms with Crippen LogP contribution in [0.3, 0.4) is 0 Å². The van der Waals surface area contributed by atoms with Gasteiger partial charge in [-0.2, -0.15) is 0 Å². The van der Waals surface area contributed by atoms with Gasteiger partial charge in [0.25, 0.3) is 0 Å². The summed E-state index contributed by atoms with van der Waals surface area (Å²) in [7, 11) is 0. The molecule has 0 spiro atoms. The monoisotopic (exact) mass is 254 g/mol. The molecular formula is C10H18N6S. The Hall–Kier alpha value is -1.34. The molecule has 0 amide bonds. The maximum Gasteiger partial charge on any atom is 0.208 e. The predicted octanol–water partition coefficient (Wildman–Crippen LogP) is 0.104. The molecule has 0 aromatic carbocycles. The molecule has 1 aliphatic heterocycles. The summed E-state index contributed by atoms with van der Waals surface area (Å²) in [5.41, 5.74) is 2.67. The Kier molecular flexibility index (Phi) is 4.16. The number of hydrogen-bond acceptors (Lipinski definition) is 5. The number of hydrogen-bond donors (Lipinski definition) is 2. The van der Waals surface area contributed by atoms with Crippen molar-refractivity contribution in [3.8, 4) is 0 Å². The summed E-state index contributed by atoms with van der Waals surface area (Å²) >= 11 is 1.68. The molecule has 0 aliphatic carbocycles. The molecule has 6 nitrogen and oxygen atoms in total. The highest BCUT2D eigenvalue weighted by atomic mass is 32.1. The number of piperazine rings is 1. The van der Waals surface area contributed by atoms with E-state index in [9.17, 15) is 0 Å². The summed E-state index contributed by atoms with van der Waals surface area (Å²) in [6.07, 6.45) is 1.85. The van der Waals surface area contributed by atoms with Crippen LogP contribution in [-0.2, 0) is 0 Å². The van der Waals surface area contributed by atoms with Gasteiger partial charge in [-0.1, -0.05) is 0 Å². The van der Waals surface area contributed by atoms with Crippen LogP contribution in [0, 0.1) is 0 Å². The van der Waals surface area contributed by atoms with E-state index in [-0.39, 0.29) is 0 Å². The third-order valence-corrected chi connectivity index (χ3v) is 3.54. The fourth-order valence-electron chi connectivity index (χ4n) is 1.87. The third-order valence-electron chi connectivity index (χ3n) is 2.71. The Morgan fingerprint density at radius 2 is 2.29 bits per heavy atom. The number of nitrogens with zero attached hydrogens (tertiary/aromatic N) is 4. The second-order valence-corrected chi connectivity index (χ2v) is 4.60. The van der Waals surface area contributed by atoms with Crippen LogP contribution in [0.25, 0.3) is 0 Å². The number of aromatic nitrogens is 1. The first kappa shape index (κ1) is 12.1. The maximum absolute atomic E-state index is 5.47. The summed E-state index contributed by atoms with van der Waals surface area (Å²) < 4.78 is 0. The molecule has 94 valence electrons. The Bertz CT molecular complexity index is 355. The average Bonchev–Trinajstić information content (AvgIpc) is 2.90. The molecule has 0 saturated carbocycles. The van der Waals surface area contributed by atoms with Gasteiger partial charge >= 0.3 is 0 Å². The standard InChI is InChI=1S/C10H18N6S/c1-2-12-9(14-11)15-4-6-16(7-5-15)10-13-3-8-17-10/h3,8H,2,4-7,11H2,1H3,(H,12,14). The molecule has 0 atom stereocenters. The predicted molar refractivity (Wildman–Crippen MR) is 71.2 cm³/mol. The Labute approximate surface area is 105 Å². The number of nitrogens with two attached hydrogens (primary N) is 1. The van der Waals surface area contributed by atoms with E-state index >= 15 is 0 Å². The topological polar surface area (TPSA) is 69.8 Å². The molecule has 1 saturated heterocycles. The van der Waals surface area contributed by atoms with Gasteiger partial charge in [-0.05, 0) is 6.92 Å². The molecule has 0 bridgehead atoms. The summed E-state index contributed by atoms with van der Waals surface area (Å²) in [5, 5.41) is 3.10. The first-order valence-electron chi connectivity index (χ1n) is 5.75. The lowest BCUT2D eigenvalue weighted by Gasteiger charge is -2.35. The van der Waals surface area contributed by atoms with Crippen LogP contribution < -0.4 is 16.2 Å². The lowest BCUT2D eigenvalue weighted by molar-refractivity contribution is 0.372. The minimum absolute atomic E-state index is 0.742. The van der Waals surface area contributed by atoms with Crippen LogP contribution in [0.2, 0.25) is 0 Å². The highest BCUT2D eigenvalue weighted by Gasteiger charge is 2.20. The average molecular weight is 254 g/mol. The number of rotatable bonds is 2. The van der Waals surface area contributed by atoms with Crippen molar-refractivity contribution in [3.63, 3.8) is 0 Å². The molecule has 7 heteroatoms. The van der Waals surface area contributed by atoms with Gasteiger partial charge in [0.15, 0.2) is 5.13 Å². The first-order chi connectivity index (χ1) is 8.35. The third kappa shape index (κ3) is 2.86. The van der Waals surface area contributed by atoms with Gasteiger partial charge in [0.05, 0.1) is 0 Å². The minimum Gasteiger partial charge on any atom is -0.345 e. The van der Waals surface area contributed by atoms with Crippen molar-refractivity contribution >= 4 is 22.4 Å². The highest BCUT2D eigenvalue weighted by molar-refractivity contribution is 7.13. The number of anilines is 1. The summed E-state index contributed by atoms with van der Waals surface area (Å²) in [6.45, 7) is 6.50. The number of aliphatic imine (C=N–C) groups is 1.